The third-order valence-corrected chi connectivity index (χ3v) is 4.33. The summed E-state index contributed by atoms with van der Waals surface area (Å²) in [5.41, 5.74) is 4.65. The molecular formula is C20H20N2OS. The number of amides is 1. The minimum Gasteiger partial charge on any atom is -0.327 e. The third kappa shape index (κ3) is 3.24. The van der Waals surface area contributed by atoms with E-state index in [0.29, 0.717) is 16.7 Å². The second-order valence-corrected chi connectivity index (χ2v) is 6.68. The lowest BCUT2D eigenvalue weighted by Gasteiger charge is -2.15. The second kappa shape index (κ2) is 6.57. The standard InChI is InChI=1S/C20H20N2OS/c1-13(2)16-7-9-17(10-8-16)22-19(23)18(21-20(22)24)12-15-6-4-5-14(3)11-15/h4-13H,1-3H3,(H,21,24). The first-order valence-corrected chi connectivity index (χ1v) is 8.40. The highest BCUT2D eigenvalue weighted by Gasteiger charge is 2.31. The molecule has 1 amide bonds. The van der Waals surface area contributed by atoms with E-state index in [-0.39, 0.29) is 5.91 Å². The van der Waals surface area contributed by atoms with Gasteiger partial charge in [0.15, 0.2) is 5.11 Å². The molecule has 122 valence electrons. The number of anilines is 1. The van der Waals surface area contributed by atoms with Crippen molar-refractivity contribution in [2.45, 2.75) is 26.7 Å². The van der Waals surface area contributed by atoms with Gasteiger partial charge in [0.25, 0.3) is 5.91 Å². The molecule has 1 saturated heterocycles. The number of nitrogens with zero attached hydrogens (tertiary/aromatic N) is 1. The van der Waals surface area contributed by atoms with Crippen molar-refractivity contribution in [1.29, 1.82) is 0 Å². The summed E-state index contributed by atoms with van der Waals surface area (Å²) in [5.74, 6) is 0.328. The van der Waals surface area contributed by atoms with E-state index in [4.69, 9.17) is 12.2 Å². The molecule has 1 fully saturated rings. The molecule has 24 heavy (non-hydrogen) atoms. The Bertz CT molecular complexity index is 822. The second-order valence-electron chi connectivity index (χ2n) is 6.29. The SMILES string of the molecule is Cc1cccc(C=C2NC(=S)N(c3ccc(C(C)C)cc3)C2=O)c1. The number of carbonyl (C=O) groups is 1. The van der Waals surface area contributed by atoms with Crippen LogP contribution >= 0.6 is 12.2 Å². The van der Waals surface area contributed by atoms with Gasteiger partial charge in [0.1, 0.15) is 5.70 Å². The van der Waals surface area contributed by atoms with Gasteiger partial charge in [0.05, 0.1) is 5.69 Å². The molecule has 4 heteroatoms. The van der Waals surface area contributed by atoms with E-state index in [1.165, 1.54) is 5.56 Å². The van der Waals surface area contributed by atoms with E-state index in [1.54, 1.807) is 4.90 Å². The van der Waals surface area contributed by atoms with Crippen LogP contribution in [0.25, 0.3) is 6.08 Å². The summed E-state index contributed by atoms with van der Waals surface area (Å²) < 4.78 is 0. The lowest BCUT2D eigenvalue weighted by atomic mass is 10.0. The summed E-state index contributed by atoms with van der Waals surface area (Å²) in [6.45, 7) is 6.31. The Morgan fingerprint density at radius 1 is 1.12 bits per heavy atom. The van der Waals surface area contributed by atoms with Gasteiger partial charge < -0.3 is 5.32 Å². The van der Waals surface area contributed by atoms with E-state index >= 15 is 0 Å². The molecule has 2 aromatic rings. The van der Waals surface area contributed by atoms with Crippen LogP contribution in [0.5, 0.6) is 0 Å². The van der Waals surface area contributed by atoms with Gasteiger partial charge in [-0.05, 0) is 54.4 Å². The van der Waals surface area contributed by atoms with Crippen LogP contribution in [-0.2, 0) is 4.79 Å². The minimum absolute atomic E-state index is 0.126. The quantitative estimate of drug-likeness (QED) is 0.667. The molecule has 3 nitrogen and oxygen atoms in total. The zero-order valence-corrected chi connectivity index (χ0v) is 14.9. The molecule has 0 saturated carbocycles. The highest BCUT2D eigenvalue weighted by Crippen LogP contribution is 2.25. The first kappa shape index (κ1) is 16.4. The number of aryl methyl sites for hydroxylation is 1. The third-order valence-electron chi connectivity index (χ3n) is 4.05. The Kier molecular flexibility index (Phi) is 4.49. The molecule has 3 rings (SSSR count). The minimum atomic E-state index is -0.126. The fraction of sp³-hybridized carbons (Fsp3) is 0.200. The summed E-state index contributed by atoms with van der Waals surface area (Å²) in [7, 11) is 0. The van der Waals surface area contributed by atoms with Crippen molar-refractivity contribution in [1.82, 2.24) is 5.32 Å². The molecule has 1 aliphatic heterocycles. The van der Waals surface area contributed by atoms with Crippen LogP contribution < -0.4 is 10.2 Å². The smallest absolute Gasteiger partial charge is 0.281 e. The maximum absolute atomic E-state index is 12.7. The number of rotatable bonds is 3. The molecule has 0 spiro atoms. The number of hydrogen-bond donors (Lipinski definition) is 1. The predicted octanol–water partition coefficient (Wildman–Crippen LogP) is 4.38. The van der Waals surface area contributed by atoms with Crippen LogP contribution in [0, 0.1) is 6.92 Å². The van der Waals surface area contributed by atoms with E-state index in [0.717, 1.165) is 16.8 Å². The van der Waals surface area contributed by atoms with Gasteiger partial charge in [-0.15, -0.1) is 0 Å². The first-order chi connectivity index (χ1) is 11.5. The molecule has 0 aromatic heterocycles. The maximum atomic E-state index is 12.7. The Hall–Kier alpha value is -2.46. The first-order valence-electron chi connectivity index (χ1n) is 7.99. The highest BCUT2D eigenvalue weighted by atomic mass is 32.1. The molecule has 0 atom stereocenters. The molecule has 1 heterocycles. The van der Waals surface area contributed by atoms with Crippen molar-refractivity contribution < 1.29 is 4.79 Å². The van der Waals surface area contributed by atoms with Gasteiger partial charge in [-0.3, -0.25) is 9.69 Å². The van der Waals surface area contributed by atoms with Crippen molar-refractivity contribution in [3.63, 3.8) is 0 Å². The van der Waals surface area contributed by atoms with Gasteiger partial charge in [-0.1, -0.05) is 55.8 Å². The largest absolute Gasteiger partial charge is 0.327 e. The van der Waals surface area contributed by atoms with Crippen LogP contribution in [0.3, 0.4) is 0 Å². The maximum Gasteiger partial charge on any atom is 0.281 e. The molecular weight excluding hydrogens is 316 g/mol. The summed E-state index contributed by atoms with van der Waals surface area (Å²) in [6, 6.07) is 16.0. The zero-order valence-electron chi connectivity index (χ0n) is 14.0. The molecule has 1 N–H and O–H groups in total. The number of nitrogens with one attached hydrogen (secondary N) is 1. The van der Waals surface area contributed by atoms with Crippen molar-refractivity contribution in [3.8, 4) is 0 Å². The number of benzene rings is 2. The Morgan fingerprint density at radius 3 is 2.46 bits per heavy atom. The zero-order chi connectivity index (χ0) is 17.3. The van der Waals surface area contributed by atoms with Gasteiger partial charge in [-0.25, -0.2) is 0 Å². The molecule has 0 bridgehead atoms. The molecule has 0 aliphatic carbocycles. The van der Waals surface area contributed by atoms with E-state index in [9.17, 15) is 4.79 Å². The van der Waals surface area contributed by atoms with Gasteiger partial charge in [-0.2, -0.15) is 0 Å². The number of hydrogen-bond acceptors (Lipinski definition) is 2. The Labute approximate surface area is 148 Å². The summed E-state index contributed by atoms with van der Waals surface area (Å²) in [4.78, 5) is 14.3. The van der Waals surface area contributed by atoms with Crippen LogP contribution in [-0.4, -0.2) is 11.0 Å². The topological polar surface area (TPSA) is 32.3 Å². The lowest BCUT2D eigenvalue weighted by Crippen LogP contribution is -2.30. The average molecular weight is 336 g/mol. The van der Waals surface area contributed by atoms with Crippen LogP contribution in [0.4, 0.5) is 5.69 Å². The van der Waals surface area contributed by atoms with Crippen LogP contribution in [0.2, 0.25) is 0 Å². The molecule has 0 unspecified atom stereocenters. The highest BCUT2D eigenvalue weighted by molar-refractivity contribution is 7.80. The van der Waals surface area contributed by atoms with Crippen molar-refractivity contribution in [2.75, 3.05) is 4.90 Å². The van der Waals surface area contributed by atoms with E-state index in [2.05, 4.69) is 19.2 Å². The van der Waals surface area contributed by atoms with Crippen molar-refractivity contribution in [2.24, 2.45) is 0 Å². The fourth-order valence-corrected chi connectivity index (χ4v) is 3.00. The fourth-order valence-electron chi connectivity index (χ4n) is 2.70. The monoisotopic (exact) mass is 336 g/mol. The number of thiocarbonyl (C=S) groups is 1. The Morgan fingerprint density at radius 2 is 1.83 bits per heavy atom. The summed E-state index contributed by atoms with van der Waals surface area (Å²) >= 11 is 5.36. The number of carbonyl (C=O) groups excluding carboxylic acids is 1. The van der Waals surface area contributed by atoms with E-state index < -0.39 is 0 Å². The van der Waals surface area contributed by atoms with Gasteiger partial charge in [0, 0.05) is 0 Å². The summed E-state index contributed by atoms with van der Waals surface area (Å²) in [5, 5.41) is 3.44. The van der Waals surface area contributed by atoms with Crippen molar-refractivity contribution >= 4 is 35.0 Å². The Balaban J connectivity index is 1.89. The van der Waals surface area contributed by atoms with E-state index in [1.807, 2.05) is 61.5 Å². The average Bonchev–Trinajstić information content (AvgIpc) is 2.81. The molecule has 0 radical (unpaired) electrons. The van der Waals surface area contributed by atoms with Gasteiger partial charge >= 0.3 is 0 Å². The molecule has 1 aliphatic rings. The normalized spacial score (nSPS) is 16.2. The summed E-state index contributed by atoms with van der Waals surface area (Å²) in [6.07, 6.45) is 1.84. The predicted molar refractivity (Wildman–Crippen MR) is 103 cm³/mol. The lowest BCUT2D eigenvalue weighted by molar-refractivity contribution is -0.113. The molecule has 2 aromatic carbocycles. The van der Waals surface area contributed by atoms with Gasteiger partial charge in [0.2, 0.25) is 0 Å². The van der Waals surface area contributed by atoms with Crippen molar-refractivity contribution in [3.05, 3.63) is 70.9 Å². The van der Waals surface area contributed by atoms with Crippen LogP contribution in [0.15, 0.2) is 54.2 Å². The van der Waals surface area contributed by atoms with Crippen LogP contribution in [0.1, 0.15) is 36.5 Å².